The number of likely N-dealkylation sites (N-methyl/N-ethyl adjacent to an activating group) is 1. The molecule has 2 unspecified atom stereocenters. The summed E-state index contributed by atoms with van der Waals surface area (Å²) in [5, 5.41) is 3.51. The number of anilines is 2. The van der Waals surface area contributed by atoms with Gasteiger partial charge in [-0.25, -0.2) is 4.98 Å². The van der Waals surface area contributed by atoms with Crippen molar-refractivity contribution in [3.05, 3.63) is 18.2 Å². The number of nitrogens with two attached hydrogens (primary N) is 1. The van der Waals surface area contributed by atoms with Gasteiger partial charge < -0.3 is 11.1 Å². The standard InChI is InChI=1S/C15H20N4OS/c1-9-5-10(9)7-19(2)8-14(20)18-15-17-12-4-3-11(16)6-13(12)21-15/h3-4,6,9-10H,5,7-8,16H2,1-2H3,(H,17,18,20). The smallest absolute Gasteiger partial charge is 0.240 e. The molecule has 1 aromatic carbocycles. The second-order valence-corrected chi connectivity index (χ2v) is 6.99. The van der Waals surface area contributed by atoms with Gasteiger partial charge in [-0.05, 0) is 43.5 Å². The van der Waals surface area contributed by atoms with E-state index < -0.39 is 0 Å². The number of thiazole rings is 1. The number of nitrogen functional groups attached to an aromatic ring is 1. The fourth-order valence-electron chi connectivity index (χ4n) is 2.52. The lowest BCUT2D eigenvalue weighted by Crippen LogP contribution is -2.31. The van der Waals surface area contributed by atoms with E-state index in [2.05, 4.69) is 22.1 Å². The summed E-state index contributed by atoms with van der Waals surface area (Å²) in [6.45, 7) is 3.65. The Kier molecular flexibility index (Phi) is 3.82. The van der Waals surface area contributed by atoms with Gasteiger partial charge in [0.05, 0.1) is 16.8 Å². The molecule has 0 spiro atoms. The lowest BCUT2D eigenvalue weighted by atomic mass is 10.3. The number of hydrogen-bond donors (Lipinski definition) is 2. The molecule has 1 aliphatic carbocycles. The van der Waals surface area contributed by atoms with Crippen LogP contribution in [-0.2, 0) is 4.79 Å². The van der Waals surface area contributed by atoms with Gasteiger partial charge in [0, 0.05) is 12.2 Å². The molecule has 0 bridgehead atoms. The molecule has 1 aromatic heterocycles. The third kappa shape index (κ3) is 3.51. The quantitative estimate of drug-likeness (QED) is 0.832. The number of carbonyl (C=O) groups excluding carboxylic acids is 1. The van der Waals surface area contributed by atoms with Crippen LogP contribution >= 0.6 is 11.3 Å². The van der Waals surface area contributed by atoms with Gasteiger partial charge >= 0.3 is 0 Å². The summed E-state index contributed by atoms with van der Waals surface area (Å²) in [7, 11) is 1.99. The van der Waals surface area contributed by atoms with Crippen molar-refractivity contribution >= 4 is 38.3 Å². The fraction of sp³-hybridized carbons (Fsp3) is 0.467. The summed E-state index contributed by atoms with van der Waals surface area (Å²) in [5.74, 6) is 1.55. The van der Waals surface area contributed by atoms with Crippen LogP contribution in [0, 0.1) is 11.8 Å². The number of carbonyl (C=O) groups is 1. The Morgan fingerprint density at radius 2 is 2.33 bits per heavy atom. The van der Waals surface area contributed by atoms with Crippen LogP contribution in [0.15, 0.2) is 18.2 Å². The second-order valence-electron chi connectivity index (χ2n) is 5.96. The Hall–Kier alpha value is -1.66. The molecule has 2 aromatic rings. The van der Waals surface area contributed by atoms with Crippen LogP contribution in [-0.4, -0.2) is 35.9 Å². The maximum atomic E-state index is 12.0. The molecule has 0 radical (unpaired) electrons. The van der Waals surface area contributed by atoms with Crippen LogP contribution in [0.5, 0.6) is 0 Å². The zero-order valence-electron chi connectivity index (χ0n) is 12.3. The largest absolute Gasteiger partial charge is 0.399 e. The first-order valence-electron chi connectivity index (χ1n) is 7.15. The molecular formula is C15H20N4OS. The summed E-state index contributed by atoms with van der Waals surface area (Å²) >= 11 is 1.45. The maximum absolute atomic E-state index is 12.0. The normalized spacial score (nSPS) is 20.9. The first-order valence-corrected chi connectivity index (χ1v) is 7.97. The zero-order valence-corrected chi connectivity index (χ0v) is 13.1. The van der Waals surface area contributed by atoms with Crippen LogP contribution in [0.4, 0.5) is 10.8 Å². The summed E-state index contributed by atoms with van der Waals surface area (Å²) < 4.78 is 0.991. The molecule has 1 amide bonds. The third-order valence-corrected chi connectivity index (χ3v) is 4.83. The average Bonchev–Trinajstić information content (AvgIpc) is 2.94. The van der Waals surface area contributed by atoms with Gasteiger partial charge in [-0.2, -0.15) is 0 Å². The van der Waals surface area contributed by atoms with Gasteiger partial charge in [0.1, 0.15) is 0 Å². The molecular weight excluding hydrogens is 284 g/mol. The van der Waals surface area contributed by atoms with Crippen LogP contribution < -0.4 is 11.1 Å². The van der Waals surface area contributed by atoms with Crippen LogP contribution in [0.2, 0.25) is 0 Å². The van der Waals surface area contributed by atoms with E-state index in [4.69, 9.17) is 5.73 Å². The molecule has 1 heterocycles. The summed E-state index contributed by atoms with van der Waals surface area (Å²) in [4.78, 5) is 18.5. The predicted molar refractivity (Wildman–Crippen MR) is 87.4 cm³/mol. The van der Waals surface area contributed by atoms with Gasteiger partial charge in [0.2, 0.25) is 5.91 Å². The van der Waals surface area contributed by atoms with Crippen LogP contribution in [0.1, 0.15) is 13.3 Å². The fourth-order valence-corrected chi connectivity index (χ4v) is 3.45. The number of hydrogen-bond acceptors (Lipinski definition) is 5. The SMILES string of the molecule is CC1CC1CN(C)CC(=O)Nc1nc2ccc(N)cc2s1. The Morgan fingerprint density at radius 1 is 1.57 bits per heavy atom. The number of amides is 1. The van der Waals surface area contributed by atoms with Crippen molar-refractivity contribution in [2.24, 2.45) is 11.8 Å². The topological polar surface area (TPSA) is 71.2 Å². The van der Waals surface area contributed by atoms with E-state index >= 15 is 0 Å². The van der Waals surface area contributed by atoms with Crippen molar-refractivity contribution in [3.63, 3.8) is 0 Å². The van der Waals surface area contributed by atoms with Crippen molar-refractivity contribution in [1.29, 1.82) is 0 Å². The number of nitrogens with one attached hydrogen (secondary N) is 1. The first-order chi connectivity index (χ1) is 10.0. The minimum Gasteiger partial charge on any atom is -0.399 e. The first kappa shape index (κ1) is 14.3. The van der Waals surface area contributed by atoms with Crippen LogP contribution in [0.25, 0.3) is 10.2 Å². The highest BCUT2D eigenvalue weighted by Gasteiger charge is 2.33. The number of nitrogens with zero attached hydrogens (tertiary/aromatic N) is 2. The average molecular weight is 304 g/mol. The van der Waals surface area contributed by atoms with E-state index in [9.17, 15) is 4.79 Å². The molecule has 3 rings (SSSR count). The van der Waals surface area contributed by atoms with Crippen molar-refractivity contribution < 1.29 is 4.79 Å². The molecule has 2 atom stereocenters. The lowest BCUT2D eigenvalue weighted by Gasteiger charge is -2.15. The van der Waals surface area contributed by atoms with Gasteiger partial charge in [-0.3, -0.25) is 9.69 Å². The third-order valence-electron chi connectivity index (χ3n) is 3.89. The van der Waals surface area contributed by atoms with E-state index in [-0.39, 0.29) is 5.91 Å². The number of benzene rings is 1. The molecule has 112 valence electrons. The predicted octanol–water partition coefficient (Wildman–Crippen LogP) is 2.40. The molecule has 6 heteroatoms. The molecule has 0 saturated heterocycles. The molecule has 1 saturated carbocycles. The van der Waals surface area contributed by atoms with Crippen molar-refractivity contribution in [2.45, 2.75) is 13.3 Å². The van der Waals surface area contributed by atoms with E-state index in [0.29, 0.717) is 17.4 Å². The minimum absolute atomic E-state index is 0.0159. The number of fused-ring (bicyclic) bond motifs is 1. The highest BCUT2D eigenvalue weighted by Crippen LogP contribution is 2.37. The van der Waals surface area contributed by atoms with E-state index in [1.165, 1.54) is 17.8 Å². The van der Waals surface area contributed by atoms with Crippen molar-refractivity contribution in [1.82, 2.24) is 9.88 Å². The zero-order chi connectivity index (χ0) is 15.0. The van der Waals surface area contributed by atoms with Gasteiger partial charge in [0.25, 0.3) is 0 Å². The Bertz CT molecular complexity index is 669. The van der Waals surface area contributed by atoms with Gasteiger partial charge in [-0.15, -0.1) is 0 Å². The molecule has 3 N–H and O–H groups in total. The van der Waals surface area contributed by atoms with E-state index in [1.54, 1.807) is 0 Å². The van der Waals surface area contributed by atoms with E-state index in [1.807, 2.05) is 25.2 Å². The minimum atomic E-state index is -0.0159. The maximum Gasteiger partial charge on any atom is 0.240 e. The highest BCUT2D eigenvalue weighted by molar-refractivity contribution is 7.22. The second kappa shape index (κ2) is 5.61. The summed E-state index contributed by atoms with van der Waals surface area (Å²) in [6.07, 6.45) is 1.28. The molecule has 1 fully saturated rings. The van der Waals surface area contributed by atoms with E-state index in [0.717, 1.165) is 28.6 Å². The number of rotatable bonds is 5. The van der Waals surface area contributed by atoms with Gasteiger partial charge in [0.15, 0.2) is 5.13 Å². The summed E-state index contributed by atoms with van der Waals surface area (Å²) in [5.41, 5.74) is 7.32. The number of aromatic nitrogens is 1. The Morgan fingerprint density at radius 3 is 3.05 bits per heavy atom. The summed E-state index contributed by atoms with van der Waals surface area (Å²) in [6, 6.07) is 5.57. The monoisotopic (exact) mass is 304 g/mol. The van der Waals surface area contributed by atoms with Crippen molar-refractivity contribution in [2.75, 3.05) is 31.2 Å². The Balaban J connectivity index is 1.57. The Labute approximate surface area is 128 Å². The molecule has 0 aliphatic heterocycles. The molecule has 1 aliphatic rings. The molecule has 21 heavy (non-hydrogen) atoms. The van der Waals surface area contributed by atoms with Crippen LogP contribution in [0.3, 0.4) is 0 Å². The van der Waals surface area contributed by atoms with Gasteiger partial charge in [-0.1, -0.05) is 18.3 Å². The molecule has 5 nitrogen and oxygen atoms in total. The van der Waals surface area contributed by atoms with Crippen molar-refractivity contribution in [3.8, 4) is 0 Å². The lowest BCUT2D eigenvalue weighted by molar-refractivity contribution is -0.117. The highest BCUT2D eigenvalue weighted by atomic mass is 32.1.